The van der Waals surface area contributed by atoms with Crippen molar-refractivity contribution < 1.29 is 42.9 Å². The van der Waals surface area contributed by atoms with E-state index in [4.69, 9.17) is 58.2 Å². The summed E-state index contributed by atoms with van der Waals surface area (Å²) in [4.78, 5) is 59.0. The quantitative estimate of drug-likeness (QED) is 0.0795. The molecule has 0 aromatic heterocycles. The van der Waals surface area contributed by atoms with Gasteiger partial charge in [-0.2, -0.15) is 0 Å². The van der Waals surface area contributed by atoms with Gasteiger partial charge in [-0.3, -0.25) is 19.2 Å². The number of hydrogen-bond acceptors (Lipinski definition) is 13. The molecule has 19 heteroatoms. The third-order valence-corrected chi connectivity index (χ3v) is 25.0. The molecule has 572 valence electrons. The van der Waals surface area contributed by atoms with E-state index in [2.05, 4.69) is 76.6 Å². The zero-order chi connectivity index (χ0) is 76.4. The summed E-state index contributed by atoms with van der Waals surface area (Å²) in [5.41, 5.74) is 39.5. The van der Waals surface area contributed by atoms with E-state index in [-0.39, 0.29) is 45.3 Å². The molecule has 9 aromatic carbocycles. The Balaban J connectivity index is 0.000000123. The number of nitrogens with zero attached hydrogens (tertiary/aromatic N) is 4. The minimum absolute atomic E-state index is 0.0224. The number of carbonyl (C=O) groups excluding carboxylic acids is 4. The van der Waals surface area contributed by atoms with E-state index in [9.17, 15) is 19.2 Å². The molecule has 4 fully saturated rings. The summed E-state index contributed by atoms with van der Waals surface area (Å²) in [5, 5.41) is 0.692. The summed E-state index contributed by atoms with van der Waals surface area (Å²) >= 11 is 9.34. The fourth-order valence-electron chi connectivity index (χ4n) is 17.1. The lowest BCUT2D eigenvalue weighted by molar-refractivity contribution is -0.133. The van der Waals surface area contributed by atoms with E-state index in [1.165, 1.54) is 33.4 Å². The molecule has 8 heterocycles. The number of piperidine rings is 4. The van der Waals surface area contributed by atoms with Gasteiger partial charge >= 0.3 is 0 Å². The molecule has 0 unspecified atom stereocenters. The van der Waals surface area contributed by atoms with Gasteiger partial charge in [0.25, 0.3) is 0 Å². The molecule has 110 heavy (non-hydrogen) atoms. The van der Waals surface area contributed by atoms with Crippen LogP contribution in [0.3, 0.4) is 0 Å². The lowest BCUT2D eigenvalue weighted by Crippen LogP contribution is -2.46. The Bertz CT molecular complexity index is 4570. The molecule has 0 saturated carbocycles. The molecule has 4 amide bonds. The van der Waals surface area contributed by atoms with Crippen LogP contribution < -0.4 is 46.6 Å². The molecule has 0 bridgehead atoms. The van der Waals surface area contributed by atoms with Crippen molar-refractivity contribution in [2.75, 3.05) is 85.9 Å². The normalized spacial score (nSPS) is 17.4. The van der Waals surface area contributed by atoms with Crippen LogP contribution in [0.1, 0.15) is 118 Å². The van der Waals surface area contributed by atoms with E-state index in [1.807, 2.05) is 159 Å². The summed E-state index contributed by atoms with van der Waals surface area (Å²) in [6.45, 7) is 11.2. The number of carbonyl (C=O) groups is 4. The minimum Gasteiger partial charge on any atom is -0.497 e. The van der Waals surface area contributed by atoms with E-state index in [0.29, 0.717) is 83.3 Å². The fourth-order valence-corrected chi connectivity index (χ4v) is 17.5. The first kappa shape index (κ1) is 77.2. The number of halogens is 2. The van der Waals surface area contributed by atoms with Crippen LogP contribution >= 0.6 is 27.5 Å². The molecule has 9 aromatic rings. The molecular weight excluding hydrogens is 1460 g/mol. The Hall–Kier alpha value is -9.53. The first-order valence-electron chi connectivity index (χ1n) is 38.7. The highest BCUT2D eigenvalue weighted by Crippen LogP contribution is 2.50. The molecule has 17 nitrogen and oxygen atoms in total. The fraction of sp³-hybridized carbons (Fsp3) is 0.363. The Morgan fingerprint density at radius 1 is 0.355 bits per heavy atom. The Kier molecular flexibility index (Phi) is 24.1. The first-order valence-corrected chi connectivity index (χ1v) is 39.9. The van der Waals surface area contributed by atoms with E-state index in [1.54, 1.807) is 7.11 Å². The van der Waals surface area contributed by atoms with Gasteiger partial charge in [-0.25, -0.2) is 0 Å². The van der Waals surface area contributed by atoms with Crippen LogP contribution in [-0.2, 0) is 92.7 Å². The zero-order valence-electron chi connectivity index (χ0n) is 62.9. The third kappa shape index (κ3) is 17.3. The molecule has 8 aliphatic rings. The lowest BCUT2D eigenvalue weighted by atomic mass is 9.74. The standard InChI is InChI=1S/C27H28N2O2.C22H26N2O3.C21H23BrN2O2.C21H23ClN2O2/c28-18-21-8-11-25-24(16-21)27(19-31-25)12-14-29(15-13-27)26(30)17-20-6-9-23(10-7-20)22-4-2-1-3-5-22;1-26-18-5-2-16(3-6-18)13-21(25)24-10-8-22(9-11-24)15-27-20-7-4-17(14-23)12-19(20)22;2*22-17-4-1-15(2-5-17)12-20(25)24-9-7-21(8-10-24)14-26-19-6-3-16(13-23)11-18(19)21/h1-11,16H,12-15,17-19,28H2;2-7,12H,8-11,13-15,23H2,1H3;2*1-6,11H,7-10,12-14,23H2. The highest BCUT2D eigenvalue weighted by Gasteiger charge is 2.48. The average molecular weight is 1570 g/mol. The van der Waals surface area contributed by atoms with Crippen LogP contribution in [0.15, 0.2) is 205 Å². The molecule has 4 spiro atoms. The van der Waals surface area contributed by atoms with Gasteiger partial charge in [-0.1, -0.05) is 167 Å². The van der Waals surface area contributed by atoms with E-state index >= 15 is 0 Å². The van der Waals surface area contributed by atoms with Crippen molar-refractivity contribution in [3.63, 3.8) is 0 Å². The highest BCUT2D eigenvalue weighted by molar-refractivity contribution is 9.10. The predicted octanol–water partition coefficient (Wildman–Crippen LogP) is 13.7. The summed E-state index contributed by atoms with van der Waals surface area (Å²) in [7, 11) is 1.64. The molecule has 0 atom stereocenters. The predicted molar refractivity (Wildman–Crippen MR) is 435 cm³/mol. The van der Waals surface area contributed by atoms with Gasteiger partial charge in [0.2, 0.25) is 23.6 Å². The van der Waals surface area contributed by atoms with Crippen molar-refractivity contribution in [2.24, 2.45) is 22.9 Å². The molecular formula is C91H100BrClN8O9. The molecule has 0 aliphatic carbocycles. The summed E-state index contributed by atoms with van der Waals surface area (Å²) in [6.07, 6.45) is 9.26. The summed E-state index contributed by atoms with van der Waals surface area (Å²) < 4.78 is 30.0. The van der Waals surface area contributed by atoms with Gasteiger partial charge in [0.15, 0.2) is 0 Å². The van der Waals surface area contributed by atoms with Crippen molar-refractivity contribution in [3.8, 4) is 39.9 Å². The van der Waals surface area contributed by atoms with Crippen molar-refractivity contribution in [3.05, 3.63) is 276 Å². The maximum absolute atomic E-state index is 12.9. The second-order valence-corrected chi connectivity index (χ2v) is 32.2. The second kappa shape index (κ2) is 34.4. The second-order valence-electron chi connectivity index (χ2n) is 30.8. The van der Waals surface area contributed by atoms with Crippen LogP contribution in [0.2, 0.25) is 5.02 Å². The Labute approximate surface area is 659 Å². The van der Waals surface area contributed by atoms with Gasteiger partial charge in [0.1, 0.15) is 28.7 Å². The smallest absolute Gasteiger partial charge is 0.226 e. The van der Waals surface area contributed by atoms with Gasteiger partial charge in [-0.15, -0.1) is 0 Å². The largest absolute Gasteiger partial charge is 0.497 e. The SMILES string of the molecule is COc1ccc(CC(=O)N2CCC3(CC2)COc2ccc(CN)cc23)cc1.NCc1ccc2c(c1)C1(CCN(C(=O)Cc3ccc(-c4ccccc4)cc3)CC1)CO2.NCc1ccc2c(c1)C1(CCN(C(=O)Cc3ccc(Br)cc3)CC1)CO2.NCc1ccc2c(c1)C1(CCN(C(=O)Cc3ccc(Cl)cc3)CC1)CO2. The number of ether oxygens (including phenoxy) is 5. The Morgan fingerprint density at radius 3 is 0.891 bits per heavy atom. The van der Waals surface area contributed by atoms with Crippen LogP contribution in [0.5, 0.6) is 28.7 Å². The maximum Gasteiger partial charge on any atom is 0.226 e. The molecule has 4 saturated heterocycles. The molecule has 8 aliphatic heterocycles. The molecule has 0 radical (unpaired) electrons. The number of likely N-dealkylation sites (tertiary alicyclic amines) is 4. The number of benzene rings is 9. The highest BCUT2D eigenvalue weighted by atomic mass is 79.9. The third-order valence-electron chi connectivity index (χ3n) is 24.2. The zero-order valence-corrected chi connectivity index (χ0v) is 65.2. The van der Waals surface area contributed by atoms with Gasteiger partial charge < -0.3 is 66.2 Å². The molecule has 8 N–H and O–H groups in total. The van der Waals surface area contributed by atoms with Crippen molar-refractivity contribution >= 4 is 51.2 Å². The first-order chi connectivity index (χ1) is 53.5. The van der Waals surface area contributed by atoms with Crippen molar-refractivity contribution in [1.29, 1.82) is 0 Å². The number of nitrogens with two attached hydrogens (primary N) is 4. The summed E-state index contributed by atoms with van der Waals surface area (Å²) in [6, 6.07) is 66.9. The van der Waals surface area contributed by atoms with E-state index in [0.717, 1.165) is 181 Å². The van der Waals surface area contributed by atoms with E-state index < -0.39 is 0 Å². The monoisotopic (exact) mass is 1560 g/mol. The van der Waals surface area contributed by atoms with Gasteiger partial charge in [0, 0.05) is 132 Å². The maximum atomic E-state index is 12.9. The lowest BCUT2D eigenvalue weighted by Gasteiger charge is -2.38. The van der Waals surface area contributed by atoms with Crippen molar-refractivity contribution in [2.45, 2.75) is 125 Å². The number of rotatable bonds is 14. The number of fused-ring (bicyclic) bond motifs is 8. The Morgan fingerprint density at radius 2 is 0.609 bits per heavy atom. The number of methoxy groups -OCH3 is 1. The van der Waals surface area contributed by atoms with Crippen molar-refractivity contribution in [1.82, 2.24) is 19.6 Å². The van der Waals surface area contributed by atoms with Crippen LogP contribution in [0.4, 0.5) is 0 Å². The van der Waals surface area contributed by atoms with Gasteiger partial charge in [0.05, 0.1) is 59.2 Å². The van der Waals surface area contributed by atoms with Gasteiger partial charge in [-0.05, 0) is 168 Å². The molecule has 17 rings (SSSR count). The topological polar surface area (TPSA) is 231 Å². The van der Waals surface area contributed by atoms with Crippen LogP contribution in [-0.4, -0.2) is 129 Å². The van der Waals surface area contributed by atoms with Crippen LogP contribution in [0.25, 0.3) is 11.1 Å². The average Bonchev–Trinajstić information content (AvgIpc) is 0.957. The number of amides is 4. The number of hydrogen-bond donors (Lipinski definition) is 4. The minimum atomic E-state index is 0.0224. The van der Waals surface area contributed by atoms with Crippen LogP contribution in [0, 0.1) is 0 Å². The summed E-state index contributed by atoms with van der Waals surface area (Å²) in [5.74, 6) is 5.50.